The zero-order valence-electron chi connectivity index (χ0n) is 14.2. The molecule has 0 saturated heterocycles. The lowest BCUT2D eigenvalue weighted by Gasteiger charge is -2.20. The van der Waals surface area contributed by atoms with E-state index in [0.29, 0.717) is 30.8 Å². The molecule has 25 heavy (non-hydrogen) atoms. The quantitative estimate of drug-likeness (QED) is 0.622. The van der Waals surface area contributed by atoms with Crippen molar-refractivity contribution in [3.8, 4) is 0 Å². The number of thioether (sulfide) groups is 1. The van der Waals surface area contributed by atoms with Crippen molar-refractivity contribution in [2.24, 2.45) is 0 Å². The average Bonchev–Trinajstić information content (AvgIpc) is 3.54. The molecule has 2 aliphatic carbocycles. The van der Waals surface area contributed by atoms with Gasteiger partial charge in [-0.25, -0.2) is 0 Å². The second-order valence-corrected chi connectivity index (χ2v) is 9.36. The topological polar surface area (TPSA) is 51.0 Å². The third-order valence-electron chi connectivity index (χ3n) is 4.58. The number of nitrogens with zero attached hydrogens (tertiary/aromatic N) is 4. The van der Waals surface area contributed by atoms with E-state index in [2.05, 4.69) is 14.8 Å². The van der Waals surface area contributed by atoms with E-state index in [1.807, 2.05) is 24.0 Å². The SMILES string of the molecule is CCN(Cc1ccc(Cl)s1)C(=O)CSc1nnc(C2CC2)n1C1CC1. The maximum absolute atomic E-state index is 12.6. The molecular formula is C17H21ClN4OS2. The van der Waals surface area contributed by atoms with Crippen LogP contribution in [0.4, 0.5) is 0 Å². The summed E-state index contributed by atoms with van der Waals surface area (Å²) in [5.74, 6) is 2.27. The van der Waals surface area contributed by atoms with Crippen molar-refractivity contribution in [2.45, 2.75) is 56.3 Å². The molecule has 8 heteroatoms. The predicted octanol–water partition coefficient (Wildman–Crippen LogP) is 4.35. The van der Waals surface area contributed by atoms with Crippen LogP contribution in [0.3, 0.4) is 0 Å². The second-order valence-electron chi connectivity index (χ2n) is 6.62. The highest BCUT2D eigenvalue weighted by Crippen LogP contribution is 2.46. The van der Waals surface area contributed by atoms with E-state index in [0.717, 1.165) is 20.2 Å². The largest absolute Gasteiger partial charge is 0.337 e. The van der Waals surface area contributed by atoms with Crippen molar-refractivity contribution >= 4 is 40.6 Å². The maximum Gasteiger partial charge on any atom is 0.233 e. The van der Waals surface area contributed by atoms with E-state index in [4.69, 9.17) is 11.6 Å². The first-order chi connectivity index (χ1) is 12.2. The monoisotopic (exact) mass is 396 g/mol. The summed E-state index contributed by atoms with van der Waals surface area (Å²) in [6.45, 7) is 3.32. The van der Waals surface area contributed by atoms with E-state index in [1.54, 1.807) is 0 Å². The maximum atomic E-state index is 12.6. The van der Waals surface area contributed by atoms with Gasteiger partial charge in [0.1, 0.15) is 5.82 Å². The first-order valence-electron chi connectivity index (χ1n) is 8.75. The van der Waals surface area contributed by atoms with Crippen molar-refractivity contribution in [3.05, 3.63) is 27.2 Å². The molecule has 0 radical (unpaired) electrons. The van der Waals surface area contributed by atoms with Gasteiger partial charge in [-0.1, -0.05) is 23.4 Å². The second kappa shape index (κ2) is 7.29. The fourth-order valence-corrected chi connectivity index (χ4v) is 4.92. The number of carbonyl (C=O) groups excluding carboxylic acids is 1. The summed E-state index contributed by atoms with van der Waals surface area (Å²) >= 11 is 9.04. The van der Waals surface area contributed by atoms with Gasteiger partial charge >= 0.3 is 0 Å². The average molecular weight is 397 g/mol. The Kier molecular flexibility index (Phi) is 5.06. The van der Waals surface area contributed by atoms with Crippen molar-refractivity contribution in [2.75, 3.05) is 12.3 Å². The zero-order valence-corrected chi connectivity index (χ0v) is 16.5. The molecule has 4 rings (SSSR count). The summed E-state index contributed by atoms with van der Waals surface area (Å²) in [6, 6.07) is 4.42. The number of hydrogen-bond donors (Lipinski definition) is 0. The lowest BCUT2D eigenvalue weighted by molar-refractivity contribution is -0.128. The molecule has 2 aliphatic rings. The number of amides is 1. The summed E-state index contributed by atoms with van der Waals surface area (Å²) in [5, 5.41) is 9.69. The van der Waals surface area contributed by atoms with Gasteiger partial charge in [-0.05, 0) is 44.7 Å². The van der Waals surface area contributed by atoms with Gasteiger partial charge in [-0.2, -0.15) is 0 Å². The molecule has 0 atom stereocenters. The standard InChI is InChI=1S/C17H21ClN4OS2/c1-2-21(9-13-7-8-14(18)25-13)15(23)10-24-17-20-19-16(11-3-4-11)22(17)12-5-6-12/h7-8,11-12H,2-6,9-10H2,1H3. The van der Waals surface area contributed by atoms with Crippen molar-refractivity contribution in [1.82, 2.24) is 19.7 Å². The fraction of sp³-hybridized carbons (Fsp3) is 0.588. The van der Waals surface area contributed by atoms with Crippen LogP contribution < -0.4 is 0 Å². The number of aromatic nitrogens is 3. The van der Waals surface area contributed by atoms with Crippen molar-refractivity contribution < 1.29 is 4.79 Å². The van der Waals surface area contributed by atoms with E-state index < -0.39 is 0 Å². The third kappa shape index (κ3) is 4.04. The van der Waals surface area contributed by atoms with Crippen LogP contribution in [0.1, 0.15) is 55.3 Å². The first kappa shape index (κ1) is 17.4. The Morgan fingerprint density at radius 3 is 2.76 bits per heavy atom. The third-order valence-corrected chi connectivity index (χ3v) is 6.72. The highest BCUT2D eigenvalue weighted by Gasteiger charge is 2.36. The Balaban J connectivity index is 1.39. The number of rotatable bonds is 8. The lowest BCUT2D eigenvalue weighted by atomic mass is 10.4. The van der Waals surface area contributed by atoms with Crippen molar-refractivity contribution in [3.63, 3.8) is 0 Å². The molecule has 0 unspecified atom stereocenters. The van der Waals surface area contributed by atoms with Crippen LogP contribution in [0.5, 0.6) is 0 Å². The Morgan fingerprint density at radius 2 is 2.16 bits per heavy atom. The van der Waals surface area contributed by atoms with Crippen LogP contribution in [0.25, 0.3) is 0 Å². The molecule has 134 valence electrons. The Labute approximate surface area is 160 Å². The molecule has 5 nitrogen and oxygen atoms in total. The van der Waals surface area contributed by atoms with Crippen LogP contribution in [-0.4, -0.2) is 37.9 Å². The van der Waals surface area contributed by atoms with Crippen LogP contribution in [0.15, 0.2) is 17.3 Å². The minimum absolute atomic E-state index is 0.135. The molecule has 0 aromatic carbocycles. The fourth-order valence-electron chi connectivity index (χ4n) is 2.90. The van der Waals surface area contributed by atoms with E-state index in [1.165, 1.54) is 48.8 Å². The highest BCUT2D eigenvalue weighted by atomic mass is 35.5. The highest BCUT2D eigenvalue weighted by molar-refractivity contribution is 7.99. The predicted molar refractivity (Wildman–Crippen MR) is 101 cm³/mol. The van der Waals surface area contributed by atoms with Gasteiger partial charge in [0.25, 0.3) is 0 Å². The molecule has 2 heterocycles. The molecule has 2 aromatic rings. The molecule has 0 N–H and O–H groups in total. The smallest absolute Gasteiger partial charge is 0.233 e. The summed E-state index contributed by atoms with van der Waals surface area (Å²) in [4.78, 5) is 15.6. The normalized spacial score (nSPS) is 17.0. The summed E-state index contributed by atoms with van der Waals surface area (Å²) < 4.78 is 3.06. The molecule has 2 aromatic heterocycles. The molecule has 2 saturated carbocycles. The number of thiophene rings is 1. The summed E-state index contributed by atoms with van der Waals surface area (Å²) in [5.41, 5.74) is 0. The van der Waals surface area contributed by atoms with E-state index in [-0.39, 0.29) is 5.91 Å². The first-order valence-corrected chi connectivity index (χ1v) is 10.9. The zero-order chi connectivity index (χ0) is 17.4. The van der Waals surface area contributed by atoms with E-state index >= 15 is 0 Å². The molecular weight excluding hydrogens is 376 g/mol. The van der Waals surface area contributed by atoms with Gasteiger partial charge in [0.05, 0.1) is 16.6 Å². The van der Waals surface area contributed by atoms with Gasteiger partial charge < -0.3 is 9.47 Å². The van der Waals surface area contributed by atoms with Gasteiger partial charge in [0.2, 0.25) is 5.91 Å². The van der Waals surface area contributed by atoms with Crippen LogP contribution in [-0.2, 0) is 11.3 Å². The molecule has 1 amide bonds. The molecule has 2 fully saturated rings. The van der Waals surface area contributed by atoms with Crippen LogP contribution >= 0.6 is 34.7 Å². The number of halogens is 1. The molecule has 0 aliphatic heterocycles. The summed E-state index contributed by atoms with van der Waals surface area (Å²) in [6.07, 6.45) is 4.86. The number of carbonyl (C=O) groups is 1. The van der Waals surface area contributed by atoms with Crippen LogP contribution in [0, 0.1) is 0 Å². The Bertz CT molecular complexity index is 767. The van der Waals surface area contributed by atoms with E-state index in [9.17, 15) is 4.79 Å². The summed E-state index contributed by atoms with van der Waals surface area (Å²) in [7, 11) is 0. The van der Waals surface area contributed by atoms with Gasteiger partial charge in [-0.3, -0.25) is 4.79 Å². The minimum Gasteiger partial charge on any atom is -0.337 e. The Hall–Kier alpha value is -1.05. The van der Waals surface area contributed by atoms with Gasteiger partial charge in [-0.15, -0.1) is 21.5 Å². The van der Waals surface area contributed by atoms with Crippen LogP contribution in [0.2, 0.25) is 4.34 Å². The van der Waals surface area contributed by atoms with Gasteiger partial charge in [0, 0.05) is 23.4 Å². The van der Waals surface area contributed by atoms with Gasteiger partial charge in [0.15, 0.2) is 5.16 Å². The molecule has 0 spiro atoms. The Morgan fingerprint density at radius 1 is 1.36 bits per heavy atom. The minimum atomic E-state index is 0.135. The van der Waals surface area contributed by atoms with Crippen molar-refractivity contribution in [1.29, 1.82) is 0 Å². The lowest BCUT2D eigenvalue weighted by Crippen LogP contribution is -2.31. The number of hydrogen-bond acceptors (Lipinski definition) is 5. The molecule has 0 bridgehead atoms.